The molecule has 0 unspecified atom stereocenters. The first-order chi connectivity index (χ1) is 11.7. The van der Waals surface area contributed by atoms with Gasteiger partial charge in [0.15, 0.2) is 5.43 Å². The van der Waals surface area contributed by atoms with Crippen molar-refractivity contribution in [3.05, 3.63) is 70.8 Å². The third-order valence-electron chi connectivity index (χ3n) is 3.87. The van der Waals surface area contributed by atoms with Gasteiger partial charge in [-0.1, -0.05) is 43.8 Å². The van der Waals surface area contributed by atoms with E-state index in [9.17, 15) is 9.18 Å². The Morgan fingerprint density at radius 2 is 1.96 bits per heavy atom. The number of aromatic amines is 1. The maximum Gasteiger partial charge on any atom is 0.200 e. The number of ether oxygens (including phenoxy) is 1. The summed E-state index contributed by atoms with van der Waals surface area (Å²) in [6, 6.07) is 10.2. The van der Waals surface area contributed by atoms with Gasteiger partial charge in [0.1, 0.15) is 11.6 Å². The fraction of sp³-hybridized carbons (Fsp3) is 0.150. The normalized spacial score (nSPS) is 10.8. The lowest BCUT2D eigenvalue weighted by atomic mass is 10.0. The van der Waals surface area contributed by atoms with Crippen LogP contribution in [0.2, 0.25) is 0 Å². The minimum absolute atomic E-state index is 0.0221. The minimum atomic E-state index is -0.556. The number of H-pyrrole nitrogens is 1. The topological polar surface area (TPSA) is 42.1 Å². The second-order valence-electron chi connectivity index (χ2n) is 5.50. The second-order valence-corrected chi connectivity index (χ2v) is 5.50. The van der Waals surface area contributed by atoms with E-state index < -0.39 is 5.82 Å². The molecule has 0 amide bonds. The predicted molar refractivity (Wildman–Crippen MR) is 95.8 cm³/mol. The lowest BCUT2D eigenvalue weighted by Gasteiger charge is -2.10. The summed E-state index contributed by atoms with van der Waals surface area (Å²) >= 11 is 0. The Bertz CT molecular complexity index is 942. The van der Waals surface area contributed by atoms with Crippen LogP contribution in [-0.2, 0) is 0 Å². The van der Waals surface area contributed by atoms with E-state index in [1.807, 2.05) is 31.2 Å². The van der Waals surface area contributed by atoms with Crippen molar-refractivity contribution >= 4 is 17.0 Å². The first kappa shape index (κ1) is 16.0. The van der Waals surface area contributed by atoms with Crippen molar-refractivity contribution in [2.24, 2.45) is 0 Å². The Hall–Kier alpha value is -2.88. The van der Waals surface area contributed by atoms with Crippen LogP contribution in [0.15, 0.2) is 54.0 Å². The molecule has 0 atom stereocenters. The van der Waals surface area contributed by atoms with Gasteiger partial charge >= 0.3 is 0 Å². The zero-order chi connectivity index (χ0) is 17.1. The number of pyridine rings is 1. The van der Waals surface area contributed by atoms with E-state index in [1.54, 1.807) is 18.3 Å². The molecule has 0 saturated carbocycles. The average molecular weight is 323 g/mol. The molecule has 0 saturated heterocycles. The number of fused-ring (bicyclic) bond motifs is 1. The van der Waals surface area contributed by atoms with Crippen LogP contribution in [-0.4, -0.2) is 11.6 Å². The van der Waals surface area contributed by atoms with Crippen molar-refractivity contribution in [1.29, 1.82) is 0 Å². The summed E-state index contributed by atoms with van der Waals surface area (Å²) in [7, 11) is 0. The van der Waals surface area contributed by atoms with Crippen LogP contribution in [0, 0.1) is 5.82 Å². The molecule has 0 fully saturated rings. The van der Waals surface area contributed by atoms with E-state index in [4.69, 9.17) is 4.74 Å². The molecule has 3 aromatic rings. The van der Waals surface area contributed by atoms with Gasteiger partial charge in [0.05, 0.1) is 17.5 Å². The van der Waals surface area contributed by atoms with E-state index in [-0.39, 0.29) is 10.8 Å². The molecule has 4 heteroatoms. The van der Waals surface area contributed by atoms with Gasteiger partial charge in [0.2, 0.25) is 0 Å². The van der Waals surface area contributed by atoms with Crippen LogP contribution in [0.25, 0.3) is 28.1 Å². The van der Waals surface area contributed by atoms with Gasteiger partial charge in [-0.05, 0) is 29.7 Å². The lowest BCUT2D eigenvalue weighted by molar-refractivity contribution is 0.320. The van der Waals surface area contributed by atoms with E-state index in [2.05, 4.69) is 11.6 Å². The third-order valence-corrected chi connectivity index (χ3v) is 3.87. The molecular formula is C20H18FNO2. The van der Waals surface area contributed by atoms with E-state index >= 15 is 0 Å². The highest BCUT2D eigenvalue weighted by Crippen LogP contribution is 2.26. The predicted octanol–water partition coefficient (Wildman–Crippen LogP) is 4.77. The molecule has 0 aliphatic heterocycles. The summed E-state index contributed by atoms with van der Waals surface area (Å²) in [5.41, 5.74) is 2.14. The van der Waals surface area contributed by atoms with Crippen LogP contribution in [0.3, 0.4) is 0 Å². The lowest BCUT2D eigenvalue weighted by Crippen LogP contribution is -2.09. The summed E-state index contributed by atoms with van der Waals surface area (Å²) in [6.07, 6.45) is 4.16. The number of nitrogens with one attached hydrogen (secondary N) is 1. The average Bonchev–Trinajstić information content (AvgIpc) is 2.61. The molecule has 0 aliphatic carbocycles. The molecule has 0 spiro atoms. The Morgan fingerprint density at radius 1 is 1.21 bits per heavy atom. The van der Waals surface area contributed by atoms with Crippen molar-refractivity contribution in [1.82, 2.24) is 4.98 Å². The van der Waals surface area contributed by atoms with Gasteiger partial charge in [0.25, 0.3) is 0 Å². The molecular weight excluding hydrogens is 305 g/mol. The van der Waals surface area contributed by atoms with Gasteiger partial charge in [0, 0.05) is 11.8 Å². The minimum Gasteiger partial charge on any atom is -0.491 e. The number of benzene rings is 2. The summed E-state index contributed by atoms with van der Waals surface area (Å²) in [4.78, 5) is 15.8. The van der Waals surface area contributed by atoms with Gasteiger partial charge in [-0.3, -0.25) is 4.79 Å². The van der Waals surface area contributed by atoms with Crippen molar-refractivity contribution in [3.8, 4) is 16.9 Å². The van der Waals surface area contributed by atoms with Gasteiger partial charge in [-0.2, -0.15) is 0 Å². The van der Waals surface area contributed by atoms with Crippen LogP contribution in [0.5, 0.6) is 5.75 Å². The summed E-state index contributed by atoms with van der Waals surface area (Å²) in [5, 5.41) is 0.0221. The Balaban J connectivity index is 2.18. The highest BCUT2D eigenvalue weighted by molar-refractivity contribution is 5.88. The zero-order valence-corrected chi connectivity index (χ0v) is 13.4. The number of halogens is 1. The van der Waals surface area contributed by atoms with E-state index in [1.165, 1.54) is 6.07 Å². The summed E-state index contributed by atoms with van der Waals surface area (Å²) in [5.74, 6) is -0.0708. The largest absolute Gasteiger partial charge is 0.491 e. The quantitative estimate of drug-likeness (QED) is 0.735. The molecule has 0 bridgehead atoms. The van der Waals surface area contributed by atoms with Crippen molar-refractivity contribution in [3.63, 3.8) is 0 Å². The van der Waals surface area contributed by atoms with Gasteiger partial charge < -0.3 is 9.72 Å². The number of rotatable bonds is 5. The third kappa shape index (κ3) is 2.83. The standard InChI is InChI=1S/C20H18FNO2/c1-3-11-24-17-10-9-16(21)18-19(17)22-12-15(20(18)23)14-7-5-13(4-2)6-8-14/h4-10,12H,2-3,11H2,1H3,(H,22,23). The highest BCUT2D eigenvalue weighted by Gasteiger charge is 2.14. The van der Waals surface area contributed by atoms with E-state index in [0.717, 1.165) is 17.5 Å². The number of hydrogen-bond acceptors (Lipinski definition) is 2. The van der Waals surface area contributed by atoms with Crippen LogP contribution >= 0.6 is 0 Å². The maximum atomic E-state index is 14.3. The molecule has 122 valence electrons. The van der Waals surface area contributed by atoms with Gasteiger partial charge in [-0.15, -0.1) is 0 Å². The zero-order valence-electron chi connectivity index (χ0n) is 13.4. The Kier molecular flexibility index (Phi) is 4.47. The maximum absolute atomic E-state index is 14.3. The molecule has 1 heterocycles. The van der Waals surface area contributed by atoms with Crippen LogP contribution in [0.4, 0.5) is 4.39 Å². The number of hydrogen-bond donors (Lipinski definition) is 1. The molecule has 1 aromatic heterocycles. The molecule has 0 aliphatic rings. The van der Waals surface area contributed by atoms with Crippen molar-refractivity contribution < 1.29 is 9.13 Å². The Labute approximate surface area is 139 Å². The van der Waals surface area contributed by atoms with Gasteiger partial charge in [-0.25, -0.2) is 4.39 Å². The van der Waals surface area contributed by atoms with Crippen molar-refractivity contribution in [2.75, 3.05) is 6.61 Å². The SMILES string of the molecule is C=Cc1ccc(-c2c[nH]c3c(OCCC)ccc(F)c3c2=O)cc1. The molecule has 0 radical (unpaired) electrons. The summed E-state index contributed by atoms with van der Waals surface area (Å²) in [6.45, 7) is 6.20. The molecule has 24 heavy (non-hydrogen) atoms. The highest BCUT2D eigenvalue weighted by atomic mass is 19.1. The smallest absolute Gasteiger partial charge is 0.200 e. The molecule has 1 N–H and O–H groups in total. The first-order valence-electron chi connectivity index (χ1n) is 7.85. The van der Waals surface area contributed by atoms with Crippen LogP contribution in [0.1, 0.15) is 18.9 Å². The first-order valence-corrected chi connectivity index (χ1v) is 7.85. The number of aromatic nitrogens is 1. The summed E-state index contributed by atoms with van der Waals surface area (Å²) < 4.78 is 19.9. The molecule has 3 nitrogen and oxygen atoms in total. The van der Waals surface area contributed by atoms with Crippen LogP contribution < -0.4 is 10.2 Å². The molecule has 3 rings (SSSR count). The van der Waals surface area contributed by atoms with E-state index in [0.29, 0.717) is 23.4 Å². The fourth-order valence-corrected chi connectivity index (χ4v) is 2.61. The Morgan fingerprint density at radius 3 is 2.62 bits per heavy atom. The molecule has 2 aromatic carbocycles. The van der Waals surface area contributed by atoms with Crippen molar-refractivity contribution in [2.45, 2.75) is 13.3 Å². The monoisotopic (exact) mass is 323 g/mol. The second kappa shape index (κ2) is 6.71. The fourth-order valence-electron chi connectivity index (χ4n) is 2.61.